The van der Waals surface area contributed by atoms with Crippen molar-refractivity contribution < 1.29 is 0 Å². The predicted molar refractivity (Wildman–Crippen MR) is 74.4 cm³/mol. The van der Waals surface area contributed by atoms with Crippen LogP contribution in [0.15, 0.2) is 25.0 Å². The normalized spacial score (nSPS) is 11.1. The van der Waals surface area contributed by atoms with Gasteiger partial charge in [-0.05, 0) is 24.6 Å². The minimum absolute atomic E-state index is 0.142. The van der Waals surface area contributed by atoms with Gasteiger partial charge in [0.25, 0.3) is 0 Å². The lowest BCUT2D eigenvalue weighted by atomic mass is 10.2. The molecule has 0 unspecified atom stereocenters. The Balaban J connectivity index is 2.64. The van der Waals surface area contributed by atoms with Gasteiger partial charge >= 0.3 is 0 Å². The molecule has 0 atom stereocenters. The van der Waals surface area contributed by atoms with Crippen molar-refractivity contribution in [1.29, 1.82) is 0 Å². The van der Waals surface area contributed by atoms with Gasteiger partial charge in [-0.25, -0.2) is 14.6 Å². The van der Waals surface area contributed by atoms with E-state index in [9.17, 15) is 0 Å². The van der Waals surface area contributed by atoms with Crippen molar-refractivity contribution >= 4 is 35.5 Å². The number of hydrogen-bond donors (Lipinski definition) is 0. The molecule has 0 saturated carbocycles. The molecule has 0 aliphatic rings. The molecule has 4 nitrogen and oxygen atoms in total. The summed E-state index contributed by atoms with van der Waals surface area (Å²) in [6, 6.07) is 0. The second kappa shape index (κ2) is 5.33. The van der Waals surface area contributed by atoms with E-state index in [1.807, 2.05) is 19.2 Å². The van der Waals surface area contributed by atoms with Crippen molar-refractivity contribution in [2.24, 2.45) is 0 Å². The van der Waals surface area contributed by atoms with Crippen molar-refractivity contribution in [3.05, 3.63) is 41.0 Å². The van der Waals surface area contributed by atoms with Crippen LogP contribution in [0.5, 0.6) is 0 Å². The number of nitrogens with zero attached hydrogens (tertiary/aromatic N) is 4. The first-order chi connectivity index (χ1) is 8.67. The van der Waals surface area contributed by atoms with Crippen molar-refractivity contribution in [3.8, 4) is 11.3 Å². The average Bonchev–Trinajstić information content (AvgIpc) is 2.75. The Morgan fingerprint density at radius 3 is 2.78 bits per heavy atom. The Bertz CT molecular complexity index is 617. The fourth-order valence-electron chi connectivity index (χ4n) is 1.55. The zero-order valence-corrected chi connectivity index (χ0v) is 11.2. The summed E-state index contributed by atoms with van der Waals surface area (Å²) in [4.78, 5) is 7.94. The fraction of sp³-hybridized carbons (Fsp3) is 0.0833. The first kappa shape index (κ1) is 12.8. The topological polar surface area (TPSA) is 43.6 Å². The zero-order chi connectivity index (χ0) is 13.1. The van der Waals surface area contributed by atoms with Crippen LogP contribution in [0.4, 0.5) is 0 Å². The van der Waals surface area contributed by atoms with Gasteiger partial charge in [0.05, 0.1) is 28.8 Å². The summed E-state index contributed by atoms with van der Waals surface area (Å²) in [7, 11) is 0. The van der Waals surface area contributed by atoms with E-state index in [1.165, 1.54) is 6.20 Å². The maximum atomic E-state index is 6.07. The van der Waals surface area contributed by atoms with Gasteiger partial charge in [0.15, 0.2) is 0 Å². The molecule has 2 aromatic heterocycles. The van der Waals surface area contributed by atoms with Crippen LogP contribution < -0.4 is 0 Å². The van der Waals surface area contributed by atoms with Crippen LogP contribution >= 0.6 is 23.2 Å². The molecule has 0 bridgehead atoms. The molecule has 0 N–H and O–H groups in total. The standard InChI is InChI=1S/C12H10Cl2N4/c1-3-5-18-10(4-2)8(6-16-18)11-9(13)7-15-12(14)17-11/h3-7H,2H2,1H3/b5-3-. The molecule has 0 saturated heterocycles. The van der Waals surface area contributed by atoms with E-state index >= 15 is 0 Å². The summed E-state index contributed by atoms with van der Waals surface area (Å²) < 4.78 is 1.69. The summed E-state index contributed by atoms with van der Waals surface area (Å²) in [5, 5.41) is 4.78. The molecule has 0 aliphatic heterocycles. The highest BCUT2D eigenvalue weighted by Crippen LogP contribution is 2.29. The zero-order valence-electron chi connectivity index (χ0n) is 9.64. The fourth-order valence-corrected chi connectivity index (χ4v) is 1.88. The Morgan fingerprint density at radius 1 is 1.33 bits per heavy atom. The van der Waals surface area contributed by atoms with E-state index < -0.39 is 0 Å². The van der Waals surface area contributed by atoms with Crippen LogP contribution in [0.2, 0.25) is 10.3 Å². The lowest BCUT2D eigenvalue weighted by Crippen LogP contribution is -1.93. The summed E-state index contributed by atoms with van der Waals surface area (Å²) in [6.45, 7) is 5.68. The van der Waals surface area contributed by atoms with Gasteiger partial charge in [-0.3, -0.25) is 0 Å². The molecule has 0 fully saturated rings. The highest BCUT2D eigenvalue weighted by atomic mass is 35.5. The molecule has 6 heteroatoms. The molecule has 0 spiro atoms. The Kier molecular flexibility index (Phi) is 3.79. The lowest BCUT2D eigenvalue weighted by Gasteiger charge is -2.03. The highest BCUT2D eigenvalue weighted by Gasteiger charge is 2.14. The summed E-state index contributed by atoms with van der Waals surface area (Å²) in [5.41, 5.74) is 2.10. The molecule has 18 heavy (non-hydrogen) atoms. The third-order valence-electron chi connectivity index (χ3n) is 2.29. The second-order valence-electron chi connectivity index (χ2n) is 3.41. The van der Waals surface area contributed by atoms with Gasteiger partial charge in [-0.15, -0.1) is 0 Å². The number of halogens is 2. The minimum Gasteiger partial charge on any atom is -0.241 e. The molecule has 0 radical (unpaired) electrons. The maximum absolute atomic E-state index is 6.07. The van der Waals surface area contributed by atoms with Gasteiger partial charge in [0, 0.05) is 11.8 Å². The van der Waals surface area contributed by atoms with Crippen LogP contribution in [0.1, 0.15) is 12.6 Å². The van der Waals surface area contributed by atoms with Crippen molar-refractivity contribution in [2.75, 3.05) is 0 Å². The van der Waals surface area contributed by atoms with E-state index in [1.54, 1.807) is 17.0 Å². The van der Waals surface area contributed by atoms with Crippen molar-refractivity contribution in [1.82, 2.24) is 19.7 Å². The first-order valence-electron chi connectivity index (χ1n) is 5.18. The number of aromatic nitrogens is 4. The van der Waals surface area contributed by atoms with Gasteiger partial charge in [0.2, 0.25) is 5.28 Å². The van der Waals surface area contributed by atoms with Crippen molar-refractivity contribution in [2.45, 2.75) is 6.92 Å². The molecule has 2 rings (SSSR count). The maximum Gasteiger partial charge on any atom is 0.222 e. The molecular formula is C12H10Cl2N4. The van der Waals surface area contributed by atoms with E-state index in [0.29, 0.717) is 10.7 Å². The molecular weight excluding hydrogens is 271 g/mol. The van der Waals surface area contributed by atoms with Crippen LogP contribution in [0.25, 0.3) is 23.5 Å². The summed E-state index contributed by atoms with van der Waals surface area (Å²) in [5.74, 6) is 0. The van der Waals surface area contributed by atoms with E-state index in [2.05, 4.69) is 21.6 Å². The molecule has 2 aromatic rings. The van der Waals surface area contributed by atoms with E-state index in [0.717, 1.165) is 11.3 Å². The van der Waals surface area contributed by atoms with Crippen LogP contribution in [0.3, 0.4) is 0 Å². The predicted octanol–water partition coefficient (Wildman–Crippen LogP) is 3.78. The SMILES string of the molecule is C=Cc1c(-c2nc(Cl)ncc2Cl)cnn1/C=C\C. The van der Waals surface area contributed by atoms with Crippen LogP contribution in [-0.2, 0) is 0 Å². The third-order valence-corrected chi connectivity index (χ3v) is 2.75. The smallest absolute Gasteiger partial charge is 0.222 e. The third kappa shape index (κ3) is 2.30. The van der Waals surface area contributed by atoms with E-state index in [4.69, 9.17) is 23.2 Å². The molecule has 0 aliphatic carbocycles. The Morgan fingerprint density at radius 2 is 2.11 bits per heavy atom. The first-order valence-corrected chi connectivity index (χ1v) is 5.94. The second-order valence-corrected chi connectivity index (χ2v) is 4.16. The number of rotatable bonds is 3. The van der Waals surface area contributed by atoms with Crippen molar-refractivity contribution in [3.63, 3.8) is 0 Å². The van der Waals surface area contributed by atoms with Gasteiger partial charge in [-0.1, -0.05) is 24.3 Å². The summed E-state index contributed by atoms with van der Waals surface area (Å²) in [6.07, 6.45) is 8.51. The average molecular weight is 281 g/mol. The van der Waals surface area contributed by atoms with Crippen LogP contribution in [-0.4, -0.2) is 19.7 Å². The van der Waals surface area contributed by atoms with Gasteiger partial charge < -0.3 is 0 Å². The lowest BCUT2D eigenvalue weighted by molar-refractivity contribution is 0.923. The van der Waals surface area contributed by atoms with Gasteiger partial charge in [-0.2, -0.15) is 5.10 Å². The minimum atomic E-state index is 0.142. The highest BCUT2D eigenvalue weighted by molar-refractivity contribution is 6.33. The van der Waals surface area contributed by atoms with E-state index in [-0.39, 0.29) is 5.28 Å². The molecule has 2 heterocycles. The Labute approximate surface area is 115 Å². The number of allylic oxidation sites excluding steroid dienone is 1. The monoisotopic (exact) mass is 280 g/mol. The number of hydrogen-bond acceptors (Lipinski definition) is 3. The van der Waals surface area contributed by atoms with Crippen LogP contribution in [0, 0.1) is 0 Å². The quantitative estimate of drug-likeness (QED) is 0.804. The molecule has 92 valence electrons. The molecule has 0 aromatic carbocycles. The summed E-state index contributed by atoms with van der Waals surface area (Å²) >= 11 is 11.9. The largest absolute Gasteiger partial charge is 0.241 e. The molecule has 0 amide bonds. The Hall–Kier alpha value is -1.65. The van der Waals surface area contributed by atoms with Gasteiger partial charge in [0.1, 0.15) is 0 Å².